The monoisotopic (exact) mass is 302 g/mol. The molecule has 0 fully saturated rings. The van der Waals surface area contributed by atoms with Crippen LogP contribution in [0.3, 0.4) is 0 Å². The zero-order valence-corrected chi connectivity index (χ0v) is 12.4. The highest BCUT2D eigenvalue weighted by Crippen LogP contribution is 2.23. The van der Waals surface area contributed by atoms with Crippen molar-refractivity contribution >= 4 is 11.7 Å². The van der Waals surface area contributed by atoms with Crippen molar-refractivity contribution in [3.05, 3.63) is 65.5 Å². The number of carbonyl (C=O) groups is 1. The first-order chi connectivity index (χ1) is 10.5. The fourth-order valence-corrected chi connectivity index (χ4v) is 2.38. The summed E-state index contributed by atoms with van der Waals surface area (Å²) in [6.07, 6.45) is 0.721. The molecule has 4 nitrogen and oxygen atoms in total. The van der Waals surface area contributed by atoms with Crippen molar-refractivity contribution in [3.8, 4) is 0 Å². The van der Waals surface area contributed by atoms with Gasteiger partial charge in [0.05, 0.1) is 5.69 Å². The molecular formula is C17H19FN2O2. The molecule has 0 radical (unpaired) electrons. The van der Waals surface area contributed by atoms with Crippen molar-refractivity contribution in [1.29, 1.82) is 0 Å². The Balaban J connectivity index is 2.13. The quantitative estimate of drug-likeness (QED) is 0.805. The number of halogens is 1. The number of carboxylic acid groups (broad SMARTS) is 1. The number of rotatable bonds is 6. The van der Waals surface area contributed by atoms with Crippen LogP contribution >= 0.6 is 0 Å². The molecule has 1 atom stereocenters. The number of benzene rings is 2. The van der Waals surface area contributed by atoms with Crippen LogP contribution in [0.4, 0.5) is 10.1 Å². The lowest BCUT2D eigenvalue weighted by Crippen LogP contribution is -2.32. The van der Waals surface area contributed by atoms with Crippen LogP contribution in [0.2, 0.25) is 0 Å². The molecule has 2 aromatic carbocycles. The van der Waals surface area contributed by atoms with E-state index in [0.717, 1.165) is 12.0 Å². The maximum Gasteiger partial charge on any atom is 0.325 e. The fraction of sp³-hybridized carbons (Fsp3) is 0.235. The third kappa shape index (κ3) is 3.83. The Hall–Kier alpha value is -2.40. The number of nitrogens with two attached hydrogens (primary N) is 1. The summed E-state index contributed by atoms with van der Waals surface area (Å²) in [7, 11) is 1.72. The third-order valence-corrected chi connectivity index (χ3v) is 3.61. The third-order valence-electron chi connectivity index (χ3n) is 3.61. The summed E-state index contributed by atoms with van der Waals surface area (Å²) in [6.45, 7) is 0.549. The average molecular weight is 302 g/mol. The largest absolute Gasteiger partial charge is 0.480 e. The minimum atomic E-state index is -1.01. The Morgan fingerprint density at radius 2 is 1.95 bits per heavy atom. The molecule has 0 heterocycles. The van der Waals surface area contributed by atoms with E-state index in [-0.39, 0.29) is 5.69 Å². The Labute approximate surface area is 129 Å². The highest BCUT2D eigenvalue weighted by molar-refractivity contribution is 5.75. The molecule has 2 aromatic rings. The number of anilines is 1. The second kappa shape index (κ2) is 7.04. The number of carboxylic acids is 1. The molecule has 0 bridgehead atoms. The summed E-state index contributed by atoms with van der Waals surface area (Å²) >= 11 is 0. The van der Waals surface area contributed by atoms with E-state index in [2.05, 4.69) is 0 Å². The average Bonchev–Trinajstić information content (AvgIpc) is 2.50. The molecule has 0 saturated carbocycles. The van der Waals surface area contributed by atoms with Gasteiger partial charge < -0.3 is 10.8 Å². The van der Waals surface area contributed by atoms with Gasteiger partial charge in [-0.2, -0.15) is 0 Å². The molecule has 116 valence electrons. The smallest absolute Gasteiger partial charge is 0.325 e. The van der Waals surface area contributed by atoms with Gasteiger partial charge in [-0.3, -0.25) is 9.69 Å². The van der Waals surface area contributed by atoms with Crippen molar-refractivity contribution in [2.45, 2.75) is 12.5 Å². The molecule has 0 aliphatic rings. The molecule has 0 unspecified atom stereocenters. The van der Waals surface area contributed by atoms with Crippen LogP contribution in [-0.2, 0) is 11.2 Å². The summed E-state index contributed by atoms with van der Waals surface area (Å²) in [4.78, 5) is 13.2. The Bertz CT molecular complexity index is 646. The summed E-state index contributed by atoms with van der Waals surface area (Å²) in [5, 5.41) is 9.46. The molecule has 0 amide bonds. The molecule has 5 heteroatoms. The van der Waals surface area contributed by atoms with Crippen LogP contribution in [-0.4, -0.2) is 29.6 Å². The lowest BCUT2D eigenvalue weighted by atomic mass is 10.0. The zero-order chi connectivity index (χ0) is 16.1. The number of likely N-dealkylation sites (N-methyl/N-ethyl adjacent to an activating group) is 1. The highest BCUT2D eigenvalue weighted by Gasteiger charge is 2.25. The second-order valence-corrected chi connectivity index (χ2v) is 5.24. The van der Waals surface area contributed by atoms with Gasteiger partial charge in [0, 0.05) is 6.54 Å². The first-order valence-corrected chi connectivity index (χ1v) is 7.01. The Kier molecular flexibility index (Phi) is 5.12. The Morgan fingerprint density at radius 1 is 1.27 bits per heavy atom. The molecule has 0 aliphatic carbocycles. The Morgan fingerprint density at radius 3 is 2.55 bits per heavy atom. The minimum Gasteiger partial charge on any atom is -0.480 e. The van der Waals surface area contributed by atoms with Crippen molar-refractivity contribution in [2.75, 3.05) is 19.3 Å². The van der Waals surface area contributed by atoms with Gasteiger partial charge in [0.2, 0.25) is 0 Å². The van der Waals surface area contributed by atoms with Crippen LogP contribution < -0.4 is 5.73 Å². The maximum atomic E-state index is 13.6. The van der Waals surface area contributed by atoms with Crippen LogP contribution in [0, 0.1) is 5.82 Å². The van der Waals surface area contributed by atoms with Gasteiger partial charge in [-0.05, 0) is 36.7 Å². The lowest BCUT2D eigenvalue weighted by Gasteiger charge is -2.25. The molecule has 0 spiro atoms. The maximum absolute atomic E-state index is 13.6. The van der Waals surface area contributed by atoms with Crippen molar-refractivity contribution in [2.24, 2.45) is 0 Å². The molecule has 0 saturated heterocycles. The van der Waals surface area contributed by atoms with E-state index < -0.39 is 17.8 Å². The zero-order valence-electron chi connectivity index (χ0n) is 12.4. The van der Waals surface area contributed by atoms with E-state index in [1.807, 2.05) is 30.3 Å². The first kappa shape index (κ1) is 16.0. The molecule has 0 aromatic heterocycles. The number of nitrogens with zero attached hydrogens (tertiary/aromatic N) is 1. The van der Waals surface area contributed by atoms with Crippen molar-refractivity contribution in [1.82, 2.24) is 4.90 Å². The minimum absolute atomic E-state index is 0.0137. The van der Waals surface area contributed by atoms with Gasteiger partial charge in [-0.15, -0.1) is 0 Å². The molecular weight excluding hydrogens is 283 g/mol. The van der Waals surface area contributed by atoms with E-state index >= 15 is 0 Å². The number of hydrogen-bond acceptors (Lipinski definition) is 3. The van der Waals surface area contributed by atoms with Gasteiger partial charge in [-0.25, -0.2) is 4.39 Å². The predicted molar refractivity (Wildman–Crippen MR) is 84.0 cm³/mol. The number of hydrogen-bond donors (Lipinski definition) is 2. The van der Waals surface area contributed by atoms with E-state index in [1.165, 1.54) is 12.1 Å². The van der Waals surface area contributed by atoms with Gasteiger partial charge in [0.25, 0.3) is 0 Å². The van der Waals surface area contributed by atoms with Crippen LogP contribution in [0.15, 0.2) is 48.5 Å². The summed E-state index contributed by atoms with van der Waals surface area (Å²) in [5.41, 5.74) is 6.96. The summed E-state index contributed by atoms with van der Waals surface area (Å²) in [5.74, 6) is -1.61. The van der Waals surface area contributed by atoms with E-state index in [1.54, 1.807) is 18.0 Å². The highest BCUT2D eigenvalue weighted by atomic mass is 19.1. The predicted octanol–water partition coefficient (Wildman–Crippen LogP) is 2.71. The van der Waals surface area contributed by atoms with Gasteiger partial charge >= 0.3 is 5.97 Å². The summed E-state index contributed by atoms with van der Waals surface area (Å²) in [6, 6.07) is 13.0. The fourth-order valence-electron chi connectivity index (χ4n) is 2.38. The summed E-state index contributed by atoms with van der Waals surface area (Å²) < 4.78 is 13.6. The van der Waals surface area contributed by atoms with Crippen LogP contribution in [0.5, 0.6) is 0 Å². The van der Waals surface area contributed by atoms with Gasteiger partial charge in [-0.1, -0.05) is 36.4 Å². The molecule has 2 rings (SSSR count). The van der Waals surface area contributed by atoms with Crippen LogP contribution in [0.25, 0.3) is 0 Å². The normalized spacial score (nSPS) is 12.3. The van der Waals surface area contributed by atoms with E-state index in [9.17, 15) is 14.3 Å². The standard InChI is InChI=1S/C17H19FN2O2/c1-20(10-9-12-5-3-2-4-6-12)16(17(21)22)13-7-8-15(19)14(18)11-13/h2-8,11,16H,9-10,19H2,1H3,(H,21,22)/t16-/m0/s1. The molecule has 0 aliphatic heterocycles. The van der Waals surface area contributed by atoms with E-state index in [0.29, 0.717) is 12.1 Å². The molecule has 22 heavy (non-hydrogen) atoms. The SMILES string of the molecule is CN(CCc1ccccc1)[C@H](C(=O)O)c1ccc(N)c(F)c1. The van der Waals surface area contributed by atoms with Crippen LogP contribution in [0.1, 0.15) is 17.2 Å². The first-order valence-electron chi connectivity index (χ1n) is 7.01. The molecule has 3 N–H and O–H groups in total. The lowest BCUT2D eigenvalue weighted by molar-refractivity contribution is -0.143. The number of aliphatic carboxylic acids is 1. The van der Waals surface area contributed by atoms with Gasteiger partial charge in [0.1, 0.15) is 11.9 Å². The topological polar surface area (TPSA) is 66.6 Å². The van der Waals surface area contributed by atoms with Crippen molar-refractivity contribution < 1.29 is 14.3 Å². The van der Waals surface area contributed by atoms with Crippen molar-refractivity contribution in [3.63, 3.8) is 0 Å². The second-order valence-electron chi connectivity index (χ2n) is 5.24. The number of nitrogen functional groups attached to an aromatic ring is 1. The van der Waals surface area contributed by atoms with E-state index in [4.69, 9.17) is 5.73 Å². The van der Waals surface area contributed by atoms with Gasteiger partial charge in [0.15, 0.2) is 0 Å².